The average molecular weight is 272 g/mol. The van der Waals surface area contributed by atoms with Gasteiger partial charge < -0.3 is 0 Å². The molecule has 92 valence electrons. The predicted octanol–water partition coefficient (Wildman–Crippen LogP) is 1.86. The minimum Gasteiger partial charge on any atom is -0.207 e. The predicted molar refractivity (Wildman–Crippen MR) is 69.5 cm³/mol. The fourth-order valence-electron chi connectivity index (χ4n) is 1.34. The van der Waals surface area contributed by atoms with Crippen molar-refractivity contribution < 1.29 is 8.42 Å². The first kappa shape index (κ1) is 14.0. The van der Waals surface area contributed by atoms with E-state index in [4.69, 9.17) is 18.0 Å². The third kappa shape index (κ3) is 3.47. The minimum atomic E-state index is -3.54. The van der Waals surface area contributed by atoms with Crippen LogP contribution in [0.5, 0.6) is 0 Å². The first-order valence-electron chi connectivity index (χ1n) is 5.08. The van der Waals surface area contributed by atoms with E-state index in [1.54, 1.807) is 24.3 Å². The summed E-state index contributed by atoms with van der Waals surface area (Å²) >= 11 is 5.58. The van der Waals surface area contributed by atoms with Crippen molar-refractivity contribution in [2.45, 2.75) is 11.8 Å². The van der Waals surface area contributed by atoms with Gasteiger partial charge in [-0.2, -0.15) is 4.31 Å². The summed E-state index contributed by atoms with van der Waals surface area (Å²) in [6.07, 6.45) is 5.16. The highest BCUT2D eigenvalue weighted by molar-refractivity contribution is 7.89. The van der Waals surface area contributed by atoms with Crippen LogP contribution in [-0.4, -0.2) is 31.7 Å². The molecule has 5 heteroatoms. The van der Waals surface area contributed by atoms with E-state index in [-0.39, 0.29) is 23.9 Å². The molecule has 0 amide bonds. The summed E-state index contributed by atoms with van der Waals surface area (Å²) in [7, 11) is -3.54. The van der Waals surface area contributed by atoms with Crippen LogP contribution in [0.2, 0.25) is 0 Å². The molecule has 0 fully saturated rings. The van der Waals surface area contributed by atoms with E-state index in [1.165, 1.54) is 4.31 Å². The number of hydrogen-bond acceptors (Lipinski definition) is 2. The second-order valence-corrected chi connectivity index (χ2v) is 5.86. The van der Waals surface area contributed by atoms with Gasteiger partial charge in [0, 0.05) is 12.4 Å². The van der Waals surface area contributed by atoms with Gasteiger partial charge in [-0.15, -0.1) is 18.0 Å². The standard InChI is InChI=1S/C12H14ClNO2S/c1-3-9-14(10-8-13)17(15,16)12-6-4-11(2)5-7-12/h1,4-7H,8-10H2,2H3. The van der Waals surface area contributed by atoms with E-state index in [2.05, 4.69) is 5.92 Å². The van der Waals surface area contributed by atoms with Crippen molar-refractivity contribution in [2.75, 3.05) is 19.0 Å². The van der Waals surface area contributed by atoms with Crippen molar-refractivity contribution in [2.24, 2.45) is 0 Å². The third-order valence-corrected chi connectivity index (χ3v) is 4.29. The lowest BCUT2D eigenvalue weighted by Crippen LogP contribution is -2.33. The fraction of sp³-hybridized carbons (Fsp3) is 0.333. The molecule has 3 nitrogen and oxygen atoms in total. The van der Waals surface area contributed by atoms with Crippen LogP contribution in [0.4, 0.5) is 0 Å². The largest absolute Gasteiger partial charge is 0.243 e. The maximum absolute atomic E-state index is 12.2. The van der Waals surface area contributed by atoms with Crippen LogP contribution >= 0.6 is 11.6 Å². The first-order chi connectivity index (χ1) is 8.02. The number of nitrogens with zero attached hydrogens (tertiary/aromatic N) is 1. The normalized spacial score (nSPS) is 11.4. The van der Waals surface area contributed by atoms with Gasteiger partial charge in [0.25, 0.3) is 0 Å². The quantitative estimate of drug-likeness (QED) is 0.606. The molecule has 0 N–H and O–H groups in total. The average Bonchev–Trinajstić information content (AvgIpc) is 2.29. The van der Waals surface area contributed by atoms with Crippen molar-refractivity contribution in [3.8, 4) is 12.3 Å². The van der Waals surface area contributed by atoms with Gasteiger partial charge in [-0.05, 0) is 19.1 Å². The number of aryl methyl sites for hydroxylation is 1. The van der Waals surface area contributed by atoms with Crippen LogP contribution in [0, 0.1) is 19.3 Å². The lowest BCUT2D eigenvalue weighted by molar-refractivity contribution is 0.465. The number of hydrogen-bond donors (Lipinski definition) is 0. The molecule has 0 radical (unpaired) electrons. The Hall–Kier alpha value is -1.02. The van der Waals surface area contributed by atoms with Gasteiger partial charge in [0.1, 0.15) is 0 Å². The first-order valence-corrected chi connectivity index (χ1v) is 7.06. The number of rotatable bonds is 5. The number of benzene rings is 1. The molecule has 0 aliphatic heterocycles. The zero-order valence-electron chi connectivity index (χ0n) is 9.56. The summed E-state index contributed by atoms with van der Waals surface area (Å²) in [6, 6.07) is 6.65. The van der Waals surface area contributed by atoms with E-state index in [0.29, 0.717) is 0 Å². The summed E-state index contributed by atoms with van der Waals surface area (Å²) in [5.74, 6) is 2.54. The SMILES string of the molecule is C#CCN(CCCl)S(=O)(=O)c1ccc(C)cc1. The topological polar surface area (TPSA) is 37.4 Å². The Bertz CT molecular complexity index is 502. The Morgan fingerprint density at radius 3 is 2.41 bits per heavy atom. The summed E-state index contributed by atoms with van der Waals surface area (Å²) in [6.45, 7) is 2.14. The van der Waals surface area contributed by atoms with Crippen LogP contribution in [0.3, 0.4) is 0 Å². The van der Waals surface area contributed by atoms with Crippen LogP contribution in [0.15, 0.2) is 29.2 Å². The molecule has 0 unspecified atom stereocenters. The Labute approximate surface area is 107 Å². The Morgan fingerprint density at radius 1 is 1.35 bits per heavy atom. The number of terminal acetylenes is 1. The van der Waals surface area contributed by atoms with Crippen LogP contribution in [-0.2, 0) is 10.0 Å². The van der Waals surface area contributed by atoms with Crippen molar-refractivity contribution in [1.82, 2.24) is 4.31 Å². The molecule has 0 aliphatic rings. The van der Waals surface area contributed by atoms with Gasteiger partial charge in [-0.3, -0.25) is 0 Å². The Balaban J connectivity index is 3.08. The maximum Gasteiger partial charge on any atom is 0.243 e. The summed E-state index contributed by atoms with van der Waals surface area (Å²) in [5.41, 5.74) is 1.00. The molecule has 1 aromatic carbocycles. The highest BCUT2D eigenvalue weighted by Crippen LogP contribution is 2.15. The molecular weight excluding hydrogens is 258 g/mol. The molecule has 1 aromatic rings. The minimum absolute atomic E-state index is 0.0307. The third-order valence-electron chi connectivity index (χ3n) is 2.26. The zero-order valence-corrected chi connectivity index (χ0v) is 11.1. The molecule has 0 atom stereocenters. The highest BCUT2D eigenvalue weighted by Gasteiger charge is 2.22. The monoisotopic (exact) mass is 271 g/mol. The van der Waals surface area contributed by atoms with Gasteiger partial charge >= 0.3 is 0 Å². The second kappa shape index (κ2) is 6.06. The van der Waals surface area contributed by atoms with E-state index >= 15 is 0 Å². The molecule has 0 aliphatic carbocycles. The smallest absolute Gasteiger partial charge is 0.207 e. The summed E-state index contributed by atoms with van der Waals surface area (Å²) in [4.78, 5) is 0.239. The van der Waals surface area contributed by atoms with E-state index in [1.807, 2.05) is 6.92 Å². The number of sulfonamides is 1. The van der Waals surface area contributed by atoms with Gasteiger partial charge in [-0.1, -0.05) is 23.6 Å². The maximum atomic E-state index is 12.2. The van der Waals surface area contributed by atoms with Crippen molar-refractivity contribution >= 4 is 21.6 Å². The summed E-state index contributed by atoms with van der Waals surface area (Å²) in [5, 5.41) is 0. The van der Waals surface area contributed by atoms with Crippen molar-refractivity contribution in [1.29, 1.82) is 0 Å². The molecule has 0 spiro atoms. The Morgan fingerprint density at radius 2 is 1.94 bits per heavy atom. The number of alkyl halides is 1. The van der Waals surface area contributed by atoms with Crippen LogP contribution < -0.4 is 0 Å². The van der Waals surface area contributed by atoms with Gasteiger partial charge in [0.2, 0.25) is 10.0 Å². The summed E-state index contributed by atoms with van der Waals surface area (Å²) < 4.78 is 25.6. The second-order valence-electron chi connectivity index (χ2n) is 3.54. The lowest BCUT2D eigenvalue weighted by Gasteiger charge is -2.18. The van der Waals surface area contributed by atoms with Crippen LogP contribution in [0.25, 0.3) is 0 Å². The fourth-order valence-corrected chi connectivity index (χ4v) is 3.00. The highest BCUT2D eigenvalue weighted by atomic mass is 35.5. The molecule has 0 heterocycles. The van der Waals surface area contributed by atoms with E-state index < -0.39 is 10.0 Å². The van der Waals surface area contributed by atoms with Gasteiger partial charge in [0.15, 0.2) is 0 Å². The molecular formula is C12H14ClNO2S. The van der Waals surface area contributed by atoms with Crippen molar-refractivity contribution in [3.63, 3.8) is 0 Å². The zero-order chi connectivity index (χ0) is 12.9. The number of halogens is 1. The molecule has 0 saturated heterocycles. The van der Waals surface area contributed by atoms with Gasteiger partial charge in [0.05, 0.1) is 11.4 Å². The molecule has 0 saturated carbocycles. The lowest BCUT2D eigenvalue weighted by atomic mass is 10.2. The molecule has 0 aromatic heterocycles. The molecule has 1 rings (SSSR count). The van der Waals surface area contributed by atoms with Crippen LogP contribution in [0.1, 0.15) is 5.56 Å². The van der Waals surface area contributed by atoms with Crippen molar-refractivity contribution in [3.05, 3.63) is 29.8 Å². The van der Waals surface area contributed by atoms with E-state index in [9.17, 15) is 8.42 Å². The van der Waals surface area contributed by atoms with Gasteiger partial charge in [-0.25, -0.2) is 8.42 Å². The molecule has 0 bridgehead atoms. The molecule has 17 heavy (non-hydrogen) atoms. The Kier molecular flexibility index (Phi) is 5.01. The van der Waals surface area contributed by atoms with E-state index in [0.717, 1.165) is 5.56 Å².